The minimum absolute atomic E-state index is 1.26. The van der Waals surface area contributed by atoms with E-state index in [9.17, 15) is 0 Å². The highest BCUT2D eigenvalue weighted by Crippen LogP contribution is 2.56. The van der Waals surface area contributed by atoms with Gasteiger partial charge in [0.05, 0.1) is 0 Å². The molecule has 0 aliphatic carbocycles. The van der Waals surface area contributed by atoms with Gasteiger partial charge in [0.25, 0.3) is 0 Å². The maximum absolute atomic E-state index is 2.53. The van der Waals surface area contributed by atoms with Crippen molar-refractivity contribution in [1.82, 2.24) is 0 Å². The fraction of sp³-hybridized carbons (Fsp3) is 0. The Kier molecular flexibility index (Phi) is 4.94. The molecule has 0 unspecified atom stereocenters. The molecule has 0 nitrogen and oxygen atoms in total. The summed E-state index contributed by atoms with van der Waals surface area (Å²) >= 11 is 1.92. The summed E-state index contributed by atoms with van der Waals surface area (Å²) in [6, 6.07) is 59.2. The van der Waals surface area contributed by atoms with Gasteiger partial charge in [-0.05, 0) is 116 Å². The van der Waals surface area contributed by atoms with E-state index in [1.54, 1.807) is 0 Å². The zero-order chi connectivity index (χ0) is 31.8. The summed E-state index contributed by atoms with van der Waals surface area (Å²) in [5, 5.41) is 21.5. The van der Waals surface area contributed by atoms with Crippen LogP contribution in [-0.2, 0) is 0 Å². The molecular weight excluding hydrogens is 609 g/mol. The summed E-state index contributed by atoms with van der Waals surface area (Å²) in [6.45, 7) is 0. The lowest BCUT2D eigenvalue weighted by Crippen LogP contribution is -1.91. The number of hydrogen-bond acceptors (Lipinski definition) is 1. The summed E-state index contributed by atoms with van der Waals surface area (Å²) < 4.78 is 2.70. The normalized spacial score (nSPS) is 12.5. The predicted molar refractivity (Wildman–Crippen MR) is 215 cm³/mol. The second kappa shape index (κ2) is 9.32. The van der Waals surface area contributed by atoms with Gasteiger partial charge >= 0.3 is 0 Å². The van der Waals surface area contributed by atoms with Gasteiger partial charge in [-0.25, -0.2) is 0 Å². The first kappa shape index (κ1) is 26.0. The molecule has 1 heteroatoms. The smallest absolute Gasteiger partial charge is 0.0368 e. The standard InChI is InChI=1S/C48H26S/c1-3-13-27(14-4-1)41-37-25-36-30-18-8-7-17-29(30)31-20-11-22-34(43(31)36)46(37)42(28-15-5-2-6-16-28)47-35-23-12-21-33-44(35)38(48(41)47)26-40-45(33)32-19-9-10-24-39(32)49-40/h1-26H. The minimum atomic E-state index is 1.26. The van der Waals surface area contributed by atoms with Crippen LogP contribution in [0.5, 0.6) is 0 Å². The Hall–Kier alpha value is -6.02. The van der Waals surface area contributed by atoms with Gasteiger partial charge < -0.3 is 0 Å². The van der Waals surface area contributed by atoms with Crippen molar-refractivity contribution in [3.05, 3.63) is 158 Å². The molecule has 49 heavy (non-hydrogen) atoms. The largest absolute Gasteiger partial charge is 0.135 e. The number of fused-ring (bicyclic) bond motifs is 12. The Balaban J connectivity index is 1.45. The lowest BCUT2D eigenvalue weighted by Gasteiger charge is -2.19. The van der Waals surface area contributed by atoms with Crippen molar-refractivity contribution in [3.63, 3.8) is 0 Å². The molecule has 12 rings (SSSR count). The summed E-state index contributed by atoms with van der Waals surface area (Å²) in [4.78, 5) is 0. The molecule has 1 heterocycles. The number of hydrogen-bond donors (Lipinski definition) is 0. The van der Waals surface area contributed by atoms with Crippen molar-refractivity contribution in [2.75, 3.05) is 0 Å². The van der Waals surface area contributed by atoms with Gasteiger partial charge in [-0.1, -0.05) is 140 Å². The second-order valence-corrected chi connectivity index (χ2v) is 14.6. The zero-order valence-corrected chi connectivity index (χ0v) is 27.2. The average molecular weight is 635 g/mol. The fourth-order valence-electron chi connectivity index (χ4n) is 9.29. The monoisotopic (exact) mass is 634 g/mol. The molecular formula is C48H26S. The zero-order valence-electron chi connectivity index (χ0n) is 26.4. The van der Waals surface area contributed by atoms with Crippen LogP contribution in [0, 0.1) is 0 Å². The van der Waals surface area contributed by atoms with E-state index < -0.39 is 0 Å². The molecule has 11 aromatic carbocycles. The highest BCUT2D eigenvalue weighted by Gasteiger charge is 2.27. The van der Waals surface area contributed by atoms with Crippen molar-refractivity contribution in [3.8, 4) is 22.3 Å². The van der Waals surface area contributed by atoms with E-state index in [-0.39, 0.29) is 0 Å². The average Bonchev–Trinajstić information content (AvgIpc) is 3.81. The first-order valence-electron chi connectivity index (χ1n) is 17.0. The summed E-state index contributed by atoms with van der Waals surface area (Å²) in [6.07, 6.45) is 0. The minimum Gasteiger partial charge on any atom is -0.135 e. The molecule has 0 atom stereocenters. The first-order chi connectivity index (χ1) is 24.3. The van der Waals surface area contributed by atoms with Gasteiger partial charge in [-0.2, -0.15) is 0 Å². The van der Waals surface area contributed by atoms with Crippen LogP contribution in [0.15, 0.2) is 158 Å². The quantitative estimate of drug-likeness (QED) is 0.166. The van der Waals surface area contributed by atoms with Crippen LogP contribution < -0.4 is 0 Å². The topological polar surface area (TPSA) is 0 Å². The number of thiophene rings is 1. The van der Waals surface area contributed by atoms with Gasteiger partial charge in [-0.15, -0.1) is 11.3 Å². The summed E-state index contributed by atoms with van der Waals surface area (Å²) in [5.74, 6) is 0. The van der Waals surface area contributed by atoms with E-state index in [1.807, 2.05) is 11.3 Å². The Morgan fingerprint density at radius 2 is 0.755 bits per heavy atom. The molecule has 224 valence electrons. The van der Waals surface area contributed by atoms with Gasteiger partial charge in [0, 0.05) is 20.2 Å². The van der Waals surface area contributed by atoms with Crippen LogP contribution in [0.4, 0.5) is 0 Å². The Bertz CT molecular complexity index is 3290. The molecule has 0 spiro atoms. The maximum Gasteiger partial charge on any atom is 0.0368 e. The molecule has 0 aliphatic heterocycles. The predicted octanol–water partition coefficient (Wildman–Crippen LogP) is 14.3. The summed E-state index contributed by atoms with van der Waals surface area (Å²) in [5.41, 5.74) is 5.18. The van der Waals surface area contributed by atoms with Crippen molar-refractivity contribution in [1.29, 1.82) is 0 Å². The van der Waals surface area contributed by atoms with Crippen LogP contribution in [0.3, 0.4) is 0 Å². The van der Waals surface area contributed by atoms with E-state index in [2.05, 4.69) is 158 Å². The van der Waals surface area contributed by atoms with Gasteiger partial charge in [0.1, 0.15) is 0 Å². The van der Waals surface area contributed by atoms with Crippen molar-refractivity contribution in [2.24, 2.45) is 0 Å². The molecule has 12 aromatic rings. The maximum atomic E-state index is 2.53. The molecule has 0 amide bonds. The number of rotatable bonds is 2. The van der Waals surface area contributed by atoms with Crippen LogP contribution in [-0.4, -0.2) is 0 Å². The Morgan fingerprint density at radius 3 is 1.49 bits per heavy atom. The molecule has 0 N–H and O–H groups in total. The Labute approximate surface area is 285 Å². The highest BCUT2D eigenvalue weighted by molar-refractivity contribution is 7.26. The molecule has 0 bridgehead atoms. The van der Waals surface area contributed by atoms with E-state index in [0.29, 0.717) is 0 Å². The third-order valence-electron chi connectivity index (χ3n) is 11.1. The SMILES string of the molecule is c1ccc(-c2c3cc4c5ccccc5c5cccc(c3c(-c3ccccc3)c3c6cccc7c8c(cc(c23)c67)sc2ccccc28)c54)cc1. The fourth-order valence-corrected chi connectivity index (χ4v) is 10.5. The highest BCUT2D eigenvalue weighted by atomic mass is 32.1. The number of benzene rings is 9. The second-order valence-electron chi connectivity index (χ2n) is 13.5. The van der Waals surface area contributed by atoms with E-state index >= 15 is 0 Å². The van der Waals surface area contributed by atoms with Gasteiger partial charge in [0.15, 0.2) is 0 Å². The lowest BCUT2D eigenvalue weighted by atomic mass is 9.84. The third kappa shape index (κ3) is 3.24. The van der Waals surface area contributed by atoms with Crippen LogP contribution in [0.25, 0.3) is 118 Å². The van der Waals surface area contributed by atoms with Crippen molar-refractivity contribution >= 4 is 107 Å². The van der Waals surface area contributed by atoms with Gasteiger partial charge in [0.2, 0.25) is 0 Å². The van der Waals surface area contributed by atoms with Crippen LogP contribution in [0.1, 0.15) is 0 Å². The lowest BCUT2D eigenvalue weighted by molar-refractivity contribution is 1.68. The molecule has 0 radical (unpaired) electrons. The molecule has 1 aromatic heterocycles. The Morgan fingerprint density at radius 1 is 0.245 bits per heavy atom. The molecule has 0 saturated carbocycles. The first-order valence-corrected chi connectivity index (χ1v) is 17.8. The van der Waals surface area contributed by atoms with Crippen molar-refractivity contribution < 1.29 is 0 Å². The van der Waals surface area contributed by atoms with Crippen LogP contribution >= 0.6 is 11.3 Å². The molecule has 0 saturated heterocycles. The summed E-state index contributed by atoms with van der Waals surface area (Å²) in [7, 11) is 0. The molecule has 0 fully saturated rings. The van der Waals surface area contributed by atoms with Gasteiger partial charge in [-0.3, -0.25) is 0 Å². The third-order valence-corrected chi connectivity index (χ3v) is 12.2. The van der Waals surface area contributed by atoms with E-state index in [4.69, 9.17) is 0 Å². The van der Waals surface area contributed by atoms with E-state index in [1.165, 1.54) is 118 Å². The van der Waals surface area contributed by atoms with Crippen LogP contribution in [0.2, 0.25) is 0 Å². The molecule has 0 aliphatic rings. The van der Waals surface area contributed by atoms with E-state index in [0.717, 1.165) is 0 Å². The van der Waals surface area contributed by atoms with Crippen molar-refractivity contribution in [2.45, 2.75) is 0 Å².